The molecule has 3 fully saturated rings. The molecule has 0 bridgehead atoms. The second-order valence-electron chi connectivity index (χ2n) is 8.23. The van der Waals surface area contributed by atoms with Gasteiger partial charge in [0, 0.05) is 31.9 Å². The van der Waals surface area contributed by atoms with Crippen LogP contribution in [0.25, 0.3) is 0 Å². The highest BCUT2D eigenvalue weighted by molar-refractivity contribution is 6.07. The van der Waals surface area contributed by atoms with Gasteiger partial charge in [-0.15, -0.1) is 0 Å². The second-order valence-corrected chi connectivity index (χ2v) is 8.23. The van der Waals surface area contributed by atoms with Crippen LogP contribution in [0.15, 0.2) is 24.3 Å². The van der Waals surface area contributed by atoms with Crippen LogP contribution in [0.4, 0.5) is 10.5 Å². The van der Waals surface area contributed by atoms with Crippen LogP contribution in [0.2, 0.25) is 0 Å². The molecule has 1 N–H and O–H groups in total. The molecule has 4 rings (SSSR count). The maximum absolute atomic E-state index is 13.1. The smallest absolute Gasteiger partial charge is 0.326 e. The number of anilines is 1. The number of carbonyl (C=O) groups excluding carboxylic acids is 2. The maximum Gasteiger partial charge on any atom is 0.326 e. The third kappa shape index (κ3) is 3.32. The summed E-state index contributed by atoms with van der Waals surface area (Å²) in [6.07, 6.45) is 3.91. The van der Waals surface area contributed by atoms with Gasteiger partial charge in [-0.2, -0.15) is 0 Å². The standard InChI is InChI=1S/C21H30N4O3/c1-16-5-3-4-10-21(16)19(26)25(20(27)22-21)15-23-11-13-24(14-12-23)17-6-8-18(28-2)9-7-17/h6-9,16H,3-5,10-15H2,1-2H3,(H,22,27)/t16-,21+/m0/s1. The van der Waals surface area contributed by atoms with E-state index in [2.05, 4.69) is 34.2 Å². The topological polar surface area (TPSA) is 65.1 Å². The van der Waals surface area contributed by atoms with Crippen LogP contribution in [-0.4, -0.2) is 67.2 Å². The first-order chi connectivity index (χ1) is 13.5. The van der Waals surface area contributed by atoms with Gasteiger partial charge in [0.15, 0.2) is 0 Å². The molecule has 3 aliphatic rings. The fourth-order valence-electron chi connectivity index (χ4n) is 4.76. The summed E-state index contributed by atoms with van der Waals surface area (Å²) in [7, 11) is 1.67. The van der Waals surface area contributed by atoms with Crippen molar-refractivity contribution in [3.8, 4) is 5.75 Å². The molecule has 1 aromatic carbocycles. The lowest BCUT2D eigenvalue weighted by Gasteiger charge is -2.38. The molecule has 0 aromatic heterocycles. The molecule has 0 unspecified atom stereocenters. The lowest BCUT2D eigenvalue weighted by atomic mass is 9.73. The van der Waals surface area contributed by atoms with E-state index in [-0.39, 0.29) is 17.9 Å². The van der Waals surface area contributed by atoms with Crippen molar-refractivity contribution in [3.05, 3.63) is 24.3 Å². The Balaban J connectivity index is 1.35. The predicted molar refractivity (Wildman–Crippen MR) is 107 cm³/mol. The third-order valence-electron chi connectivity index (χ3n) is 6.65. The largest absolute Gasteiger partial charge is 0.497 e. The van der Waals surface area contributed by atoms with E-state index in [4.69, 9.17) is 4.74 Å². The molecule has 1 saturated carbocycles. The van der Waals surface area contributed by atoms with Gasteiger partial charge in [-0.05, 0) is 43.0 Å². The van der Waals surface area contributed by atoms with Gasteiger partial charge in [0.25, 0.3) is 5.91 Å². The number of imide groups is 1. The van der Waals surface area contributed by atoms with Gasteiger partial charge in [-0.1, -0.05) is 19.8 Å². The maximum atomic E-state index is 13.1. The molecular weight excluding hydrogens is 356 g/mol. The summed E-state index contributed by atoms with van der Waals surface area (Å²) in [5, 5.41) is 3.04. The molecule has 2 atom stereocenters. The minimum Gasteiger partial charge on any atom is -0.497 e. The predicted octanol–water partition coefficient (Wildman–Crippen LogP) is 2.28. The van der Waals surface area contributed by atoms with Crippen LogP contribution in [0.1, 0.15) is 32.6 Å². The Hall–Kier alpha value is -2.28. The van der Waals surface area contributed by atoms with E-state index in [0.717, 1.165) is 57.6 Å². The van der Waals surface area contributed by atoms with E-state index >= 15 is 0 Å². The van der Waals surface area contributed by atoms with Gasteiger partial charge < -0.3 is 15.0 Å². The van der Waals surface area contributed by atoms with E-state index in [1.807, 2.05) is 12.1 Å². The Morgan fingerprint density at radius 3 is 2.46 bits per heavy atom. The second kappa shape index (κ2) is 7.62. The Labute approximate surface area is 166 Å². The summed E-state index contributed by atoms with van der Waals surface area (Å²) in [5.41, 5.74) is 0.505. The van der Waals surface area contributed by atoms with Crippen LogP contribution >= 0.6 is 0 Å². The number of nitrogens with zero attached hydrogens (tertiary/aromatic N) is 3. The molecular formula is C21H30N4O3. The number of piperazine rings is 1. The van der Waals surface area contributed by atoms with Gasteiger partial charge in [-0.3, -0.25) is 9.69 Å². The number of methoxy groups -OCH3 is 1. The molecule has 2 heterocycles. The van der Waals surface area contributed by atoms with Crippen LogP contribution < -0.4 is 15.0 Å². The van der Waals surface area contributed by atoms with Crippen molar-refractivity contribution < 1.29 is 14.3 Å². The van der Waals surface area contributed by atoms with Crippen LogP contribution in [0.5, 0.6) is 5.75 Å². The summed E-state index contributed by atoms with van der Waals surface area (Å²) in [4.78, 5) is 31.6. The van der Waals surface area contributed by atoms with Crippen LogP contribution in [-0.2, 0) is 4.79 Å². The molecule has 1 aliphatic carbocycles. The van der Waals surface area contributed by atoms with Gasteiger partial charge in [0.1, 0.15) is 11.3 Å². The van der Waals surface area contributed by atoms with Crippen LogP contribution in [0.3, 0.4) is 0 Å². The molecule has 28 heavy (non-hydrogen) atoms. The number of amides is 3. The lowest BCUT2D eigenvalue weighted by molar-refractivity contribution is -0.135. The zero-order valence-electron chi connectivity index (χ0n) is 16.8. The summed E-state index contributed by atoms with van der Waals surface area (Å²) in [6, 6.07) is 7.86. The fourth-order valence-corrected chi connectivity index (χ4v) is 4.76. The number of hydrogen-bond acceptors (Lipinski definition) is 5. The molecule has 7 heteroatoms. The first-order valence-corrected chi connectivity index (χ1v) is 10.3. The Bertz CT molecular complexity index is 730. The normalized spacial score (nSPS) is 28.7. The van der Waals surface area contributed by atoms with E-state index < -0.39 is 5.54 Å². The summed E-state index contributed by atoms with van der Waals surface area (Å²) in [5.74, 6) is 1.03. The minimum absolute atomic E-state index is 0.0257. The first kappa shape index (κ1) is 19.1. The Kier molecular flexibility index (Phi) is 5.19. The highest BCUT2D eigenvalue weighted by Crippen LogP contribution is 2.38. The SMILES string of the molecule is COc1ccc(N2CCN(CN3C(=O)N[C@@]4(CCCC[C@@H]4C)C3=O)CC2)cc1. The lowest BCUT2D eigenvalue weighted by Crippen LogP contribution is -2.55. The van der Waals surface area contributed by atoms with Crippen LogP contribution in [0, 0.1) is 5.92 Å². The molecule has 2 saturated heterocycles. The average molecular weight is 386 g/mol. The van der Waals surface area contributed by atoms with Crippen molar-refractivity contribution in [2.75, 3.05) is 44.9 Å². The van der Waals surface area contributed by atoms with Crippen molar-refractivity contribution in [3.63, 3.8) is 0 Å². The van der Waals surface area contributed by atoms with Crippen molar-refractivity contribution in [2.24, 2.45) is 5.92 Å². The number of nitrogens with one attached hydrogen (secondary N) is 1. The van der Waals surface area contributed by atoms with Gasteiger partial charge >= 0.3 is 6.03 Å². The van der Waals surface area contributed by atoms with Crippen molar-refractivity contribution in [2.45, 2.75) is 38.1 Å². The zero-order valence-corrected chi connectivity index (χ0v) is 16.8. The average Bonchev–Trinajstić information content (AvgIpc) is 2.96. The Morgan fingerprint density at radius 1 is 1.11 bits per heavy atom. The molecule has 1 aromatic rings. The van der Waals surface area contributed by atoms with Gasteiger partial charge in [0.2, 0.25) is 0 Å². The minimum atomic E-state index is -0.666. The number of rotatable bonds is 4. The highest BCUT2D eigenvalue weighted by Gasteiger charge is 2.55. The van der Waals surface area contributed by atoms with Crippen molar-refractivity contribution in [1.82, 2.24) is 15.1 Å². The molecule has 1 spiro atoms. The molecule has 0 radical (unpaired) electrons. The number of benzene rings is 1. The monoisotopic (exact) mass is 386 g/mol. The van der Waals surface area contributed by atoms with E-state index in [9.17, 15) is 9.59 Å². The number of ether oxygens (including phenoxy) is 1. The number of urea groups is 1. The molecule has 7 nitrogen and oxygen atoms in total. The molecule has 2 aliphatic heterocycles. The Morgan fingerprint density at radius 2 is 1.82 bits per heavy atom. The third-order valence-corrected chi connectivity index (χ3v) is 6.65. The highest BCUT2D eigenvalue weighted by atomic mass is 16.5. The van der Waals surface area contributed by atoms with E-state index in [1.54, 1.807) is 7.11 Å². The first-order valence-electron chi connectivity index (χ1n) is 10.3. The quantitative estimate of drug-likeness (QED) is 0.805. The fraction of sp³-hybridized carbons (Fsp3) is 0.619. The van der Waals surface area contributed by atoms with Crippen molar-refractivity contribution >= 4 is 17.6 Å². The molecule has 152 valence electrons. The van der Waals surface area contributed by atoms with E-state index in [0.29, 0.717) is 6.67 Å². The zero-order chi connectivity index (χ0) is 19.7. The summed E-state index contributed by atoms with van der Waals surface area (Å²) >= 11 is 0. The van der Waals surface area contributed by atoms with Gasteiger partial charge in [-0.25, -0.2) is 9.69 Å². The number of carbonyl (C=O) groups is 2. The van der Waals surface area contributed by atoms with Gasteiger partial charge in [0.05, 0.1) is 13.8 Å². The van der Waals surface area contributed by atoms with Crippen molar-refractivity contribution in [1.29, 1.82) is 0 Å². The number of hydrogen-bond donors (Lipinski definition) is 1. The van der Waals surface area contributed by atoms with E-state index in [1.165, 1.54) is 10.6 Å². The summed E-state index contributed by atoms with van der Waals surface area (Å²) in [6.45, 7) is 5.87. The molecule has 3 amide bonds. The summed E-state index contributed by atoms with van der Waals surface area (Å²) < 4.78 is 5.22.